The van der Waals surface area contributed by atoms with Crippen LogP contribution in [0.4, 0.5) is 10.1 Å². The molecule has 0 spiro atoms. The van der Waals surface area contributed by atoms with Crippen LogP contribution in [0.3, 0.4) is 0 Å². The number of halogens is 1. The molecule has 7 nitrogen and oxygen atoms in total. The molecule has 140 valence electrons. The Morgan fingerprint density at radius 2 is 2.08 bits per heavy atom. The summed E-state index contributed by atoms with van der Waals surface area (Å²) in [5.74, 6) is -0.940. The fourth-order valence-corrected chi connectivity index (χ4v) is 3.66. The molecule has 26 heavy (non-hydrogen) atoms. The minimum atomic E-state index is -3.80. The predicted octanol–water partition coefficient (Wildman–Crippen LogP) is 1.88. The molecule has 1 aromatic heterocycles. The molecule has 2 N–H and O–H groups in total. The van der Waals surface area contributed by atoms with Crippen LogP contribution in [0.5, 0.6) is 0 Å². The van der Waals surface area contributed by atoms with Crippen molar-refractivity contribution in [2.24, 2.45) is 0 Å². The Hall–Kier alpha value is -2.23. The van der Waals surface area contributed by atoms with Crippen LogP contribution < -0.4 is 10.6 Å². The van der Waals surface area contributed by atoms with Crippen LogP contribution in [-0.2, 0) is 23.0 Å². The van der Waals surface area contributed by atoms with Crippen LogP contribution in [-0.4, -0.2) is 39.3 Å². The van der Waals surface area contributed by atoms with Gasteiger partial charge in [0.15, 0.2) is 0 Å². The van der Waals surface area contributed by atoms with Gasteiger partial charge in [-0.25, -0.2) is 17.1 Å². The monoisotopic (exact) mass is 381 g/mol. The third-order valence-electron chi connectivity index (χ3n) is 4.33. The van der Waals surface area contributed by atoms with E-state index in [0.29, 0.717) is 25.1 Å². The van der Waals surface area contributed by atoms with Crippen molar-refractivity contribution >= 4 is 21.6 Å². The first kappa shape index (κ1) is 18.6. The number of anilines is 1. The summed E-state index contributed by atoms with van der Waals surface area (Å²) in [6.07, 6.45) is 0.543. The Bertz CT molecular complexity index is 967. The maximum absolute atomic E-state index is 14.7. The highest BCUT2D eigenvalue weighted by Crippen LogP contribution is 2.26. The van der Waals surface area contributed by atoms with E-state index in [0.717, 1.165) is 15.9 Å². The Morgan fingerprint density at radius 3 is 2.77 bits per heavy atom. The van der Waals surface area contributed by atoms with E-state index in [1.807, 2.05) is 0 Å². The molecule has 0 aliphatic carbocycles. The molecule has 0 radical (unpaired) electrons. The molecule has 0 atom stereocenters. The average molecular weight is 381 g/mol. The highest BCUT2D eigenvalue weighted by Gasteiger charge is 2.26. The van der Waals surface area contributed by atoms with Crippen molar-refractivity contribution in [3.05, 3.63) is 46.5 Å². The van der Waals surface area contributed by atoms with Gasteiger partial charge >= 0.3 is 0 Å². The topological polar surface area (TPSA) is 91.7 Å². The van der Waals surface area contributed by atoms with Gasteiger partial charge in [-0.3, -0.25) is 4.79 Å². The van der Waals surface area contributed by atoms with E-state index in [1.165, 1.54) is 27.1 Å². The number of amides is 1. The second kappa shape index (κ2) is 6.82. The first-order chi connectivity index (χ1) is 12.2. The Kier molecular flexibility index (Phi) is 4.87. The maximum Gasteiger partial charge on any atom is 0.275 e. The van der Waals surface area contributed by atoms with Crippen molar-refractivity contribution in [2.45, 2.75) is 25.0 Å². The van der Waals surface area contributed by atoms with E-state index < -0.39 is 21.7 Å². The predicted molar refractivity (Wildman–Crippen MR) is 94.1 cm³/mol. The van der Waals surface area contributed by atoms with Crippen LogP contribution in [0.25, 0.3) is 0 Å². The summed E-state index contributed by atoms with van der Waals surface area (Å²) in [6, 6.07) is 4.43. The molecule has 3 rings (SSSR count). The zero-order valence-electron chi connectivity index (χ0n) is 14.7. The van der Waals surface area contributed by atoms with E-state index >= 15 is 0 Å². The van der Waals surface area contributed by atoms with Crippen molar-refractivity contribution in [3.63, 3.8) is 0 Å². The number of benzene rings is 1. The fraction of sp³-hybridized carbons (Fsp3) is 0.353. The summed E-state index contributed by atoms with van der Waals surface area (Å²) >= 11 is 0. The van der Waals surface area contributed by atoms with Crippen LogP contribution in [0.1, 0.15) is 27.2 Å². The zero-order chi connectivity index (χ0) is 19.1. The number of fused-ring (bicyclic) bond motifs is 1. The van der Waals surface area contributed by atoms with Gasteiger partial charge in [-0.1, -0.05) is 6.07 Å². The first-order valence-electron chi connectivity index (χ1n) is 8.07. The van der Waals surface area contributed by atoms with Gasteiger partial charge in [-0.05, 0) is 37.1 Å². The molecule has 0 bridgehead atoms. The minimum absolute atomic E-state index is 0.0456. The van der Waals surface area contributed by atoms with Gasteiger partial charge in [0.05, 0.1) is 11.3 Å². The van der Waals surface area contributed by atoms with E-state index in [-0.39, 0.29) is 22.1 Å². The Balaban J connectivity index is 1.89. The number of aryl methyl sites for hydroxylation is 1. The molecule has 1 aliphatic rings. The Labute approximate surface area is 151 Å². The second-order valence-corrected chi connectivity index (χ2v) is 8.35. The lowest BCUT2D eigenvalue weighted by molar-refractivity contribution is 0.102. The van der Waals surface area contributed by atoms with Crippen molar-refractivity contribution in [3.8, 4) is 0 Å². The number of nitrogens with zero attached hydrogens (tertiary/aromatic N) is 1. The van der Waals surface area contributed by atoms with Crippen LogP contribution in [0, 0.1) is 12.7 Å². The van der Waals surface area contributed by atoms with Gasteiger partial charge < -0.3 is 15.1 Å². The molecule has 1 amide bonds. The number of sulfonamides is 1. The van der Waals surface area contributed by atoms with Gasteiger partial charge in [0.1, 0.15) is 11.6 Å². The molecule has 2 aromatic rings. The van der Waals surface area contributed by atoms with Gasteiger partial charge in [-0.15, -0.1) is 0 Å². The zero-order valence-corrected chi connectivity index (χ0v) is 15.5. The number of hydrogen-bond acceptors (Lipinski definition) is 5. The van der Waals surface area contributed by atoms with Gasteiger partial charge in [0.25, 0.3) is 15.9 Å². The van der Waals surface area contributed by atoms with Crippen LogP contribution in [0.2, 0.25) is 0 Å². The lowest BCUT2D eigenvalue weighted by Gasteiger charge is -2.19. The fourth-order valence-electron chi connectivity index (χ4n) is 2.81. The molecule has 1 aliphatic heterocycles. The third-order valence-corrected chi connectivity index (χ3v) is 6.00. The third kappa shape index (κ3) is 3.25. The molecular weight excluding hydrogens is 361 g/mol. The van der Waals surface area contributed by atoms with Crippen molar-refractivity contribution < 1.29 is 22.0 Å². The summed E-state index contributed by atoms with van der Waals surface area (Å²) in [6.45, 7) is 2.75. The number of hydrogen-bond donors (Lipinski definition) is 2. The number of nitrogens with one attached hydrogen (secondary N) is 2. The van der Waals surface area contributed by atoms with Crippen LogP contribution in [0.15, 0.2) is 27.7 Å². The number of rotatable bonds is 4. The van der Waals surface area contributed by atoms with Crippen LogP contribution >= 0.6 is 0 Å². The van der Waals surface area contributed by atoms with Gasteiger partial charge in [-0.2, -0.15) is 0 Å². The molecule has 1 aromatic carbocycles. The molecule has 2 heterocycles. The van der Waals surface area contributed by atoms with Crippen molar-refractivity contribution in [1.82, 2.24) is 9.62 Å². The normalized spacial score (nSPS) is 14.3. The highest BCUT2D eigenvalue weighted by molar-refractivity contribution is 7.88. The number of furan rings is 1. The summed E-state index contributed by atoms with van der Waals surface area (Å²) in [5, 5.41) is 5.34. The SMILES string of the molecule is Cc1oc(S(=O)(=O)N(C)C)cc1C(=O)Nc1ccc2c(c1F)CCNC2. The summed E-state index contributed by atoms with van der Waals surface area (Å²) in [7, 11) is -1.07. The minimum Gasteiger partial charge on any atom is -0.448 e. The van der Waals surface area contributed by atoms with E-state index in [4.69, 9.17) is 4.42 Å². The summed E-state index contributed by atoms with van der Waals surface area (Å²) in [5.41, 5.74) is 1.56. The molecule has 0 unspecified atom stereocenters. The molecule has 0 saturated carbocycles. The lowest BCUT2D eigenvalue weighted by Crippen LogP contribution is -2.25. The summed E-state index contributed by atoms with van der Waals surface area (Å²) in [4.78, 5) is 12.5. The molecule has 0 fully saturated rings. The van der Waals surface area contributed by atoms with Crippen molar-refractivity contribution in [1.29, 1.82) is 0 Å². The summed E-state index contributed by atoms with van der Waals surface area (Å²) < 4.78 is 45.1. The standard InChI is InChI=1S/C17H20FN3O4S/c1-10-13(8-15(25-10)26(23,24)21(2)3)17(22)20-14-5-4-11-9-19-7-6-12(11)16(14)18/h4-5,8,19H,6-7,9H2,1-3H3,(H,20,22). The van der Waals surface area contributed by atoms with Crippen molar-refractivity contribution in [2.75, 3.05) is 26.0 Å². The van der Waals surface area contributed by atoms with E-state index in [9.17, 15) is 17.6 Å². The maximum atomic E-state index is 14.7. The van der Waals surface area contributed by atoms with E-state index in [1.54, 1.807) is 6.07 Å². The lowest BCUT2D eigenvalue weighted by atomic mass is 9.99. The molecule has 9 heteroatoms. The van der Waals surface area contributed by atoms with Gasteiger partial charge in [0.2, 0.25) is 5.09 Å². The molecular formula is C17H20FN3O4S. The second-order valence-electron chi connectivity index (χ2n) is 6.27. The number of carbonyl (C=O) groups excluding carboxylic acids is 1. The highest BCUT2D eigenvalue weighted by atomic mass is 32.2. The number of carbonyl (C=O) groups is 1. The van der Waals surface area contributed by atoms with E-state index in [2.05, 4.69) is 10.6 Å². The largest absolute Gasteiger partial charge is 0.448 e. The quantitative estimate of drug-likeness (QED) is 0.844. The molecule has 0 saturated heterocycles. The smallest absolute Gasteiger partial charge is 0.275 e. The first-order valence-corrected chi connectivity index (χ1v) is 9.51. The average Bonchev–Trinajstić information content (AvgIpc) is 3.00. The van der Waals surface area contributed by atoms with Gasteiger partial charge in [0, 0.05) is 26.7 Å². The Morgan fingerprint density at radius 1 is 1.35 bits per heavy atom.